The second-order valence-electron chi connectivity index (χ2n) is 3.55. The van der Waals surface area contributed by atoms with E-state index >= 15 is 0 Å². The Morgan fingerprint density at radius 3 is 3.06 bits per heavy atom. The molecule has 88 valence electrons. The maximum atomic E-state index is 11.3. The van der Waals surface area contributed by atoms with E-state index in [1.807, 2.05) is 24.3 Å². The molecule has 17 heavy (non-hydrogen) atoms. The van der Waals surface area contributed by atoms with E-state index in [4.69, 9.17) is 0 Å². The van der Waals surface area contributed by atoms with Gasteiger partial charge in [0.25, 0.3) is 0 Å². The summed E-state index contributed by atoms with van der Waals surface area (Å²) < 4.78 is 7.35. The van der Waals surface area contributed by atoms with E-state index in [1.54, 1.807) is 10.9 Å². The largest absolute Gasteiger partial charge is 0.465 e. The number of aromatic nitrogens is 2. The SMILES string of the molecule is COC(=O)c1cnn(Cc2cccc(Br)c2)c1. The van der Waals surface area contributed by atoms with Crippen molar-refractivity contribution < 1.29 is 9.53 Å². The van der Waals surface area contributed by atoms with Crippen LogP contribution in [0.25, 0.3) is 0 Å². The zero-order valence-electron chi connectivity index (χ0n) is 9.26. The first-order valence-corrected chi connectivity index (χ1v) is 5.83. The summed E-state index contributed by atoms with van der Waals surface area (Å²) in [5, 5.41) is 4.11. The fourth-order valence-corrected chi connectivity index (χ4v) is 1.94. The van der Waals surface area contributed by atoms with Crippen molar-refractivity contribution in [2.24, 2.45) is 0 Å². The van der Waals surface area contributed by atoms with Crippen LogP contribution < -0.4 is 0 Å². The molecule has 4 nitrogen and oxygen atoms in total. The number of rotatable bonds is 3. The summed E-state index contributed by atoms with van der Waals surface area (Å²) in [5.74, 6) is -0.370. The van der Waals surface area contributed by atoms with Crippen molar-refractivity contribution in [1.29, 1.82) is 0 Å². The van der Waals surface area contributed by atoms with Crippen LogP contribution in [0.3, 0.4) is 0 Å². The van der Waals surface area contributed by atoms with Crippen molar-refractivity contribution in [3.05, 3.63) is 52.3 Å². The van der Waals surface area contributed by atoms with E-state index in [-0.39, 0.29) is 5.97 Å². The zero-order valence-corrected chi connectivity index (χ0v) is 10.8. The van der Waals surface area contributed by atoms with Crippen LogP contribution in [0.5, 0.6) is 0 Å². The summed E-state index contributed by atoms with van der Waals surface area (Å²) in [4.78, 5) is 11.3. The smallest absolute Gasteiger partial charge is 0.341 e. The molecule has 2 aromatic rings. The Labute approximate surface area is 107 Å². The molecule has 0 atom stereocenters. The lowest BCUT2D eigenvalue weighted by atomic mass is 10.2. The number of nitrogens with zero attached hydrogens (tertiary/aromatic N) is 2. The maximum Gasteiger partial charge on any atom is 0.341 e. The van der Waals surface area contributed by atoms with Crippen LogP contribution in [-0.2, 0) is 11.3 Å². The van der Waals surface area contributed by atoms with E-state index in [0.29, 0.717) is 12.1 Å². The Morgan fingerprint density at radius 1 is 1.53 bits per heavy atom. The van der Waals surface area contributed by atoms with Gasteiger partial charge in [-0.25, -0.2) is 4.79 Å². The lowest BCUT2D eigenvalue weighted by molar-refractivity contribution is 0.0600. The summed E-state index contributed by atoms with van der Waals surface area (Å²) in [6, 6.07) is 7.94. The molecule has 0 aliphatic heterocycles. The summed E-state index contributed by atoms with van der Waals surface area (Å²) in [6.07, 6.45) is 3.18. The second kappa shape index (κ2) is 5.14. The van der Waals surface area contributed by atoms with Crippen LogP contribution in [0.1, 0.15) is 15.9 Å². The minimum absolute atomic E-state index is 0.370. The van der Waals surface area contributed by atoms with Gasteiger partial charge < -0.3 is 4.74 Å². The molecule has 0 bridgehead atoms. The molecule has 1 heterocycles. The molecule has 1 aromatic carbocycles. The maximum absolute atomic E-state index is 11.3. The highest BCUT2D eigenvalue weighted by atomic mass is 79.9. The fraction of sp³-hybridized carbons (Fsp3) is 0.167. The molecule has 1 aromatic heterocycles. The average Bonchev–Trinajstić information content (AvgIpc) is 2.76. The first-order valence-electron chi connectivity index (χ1n) is 5.04. The van der Waals surface area contributed by atoms with E-state index < -0.39 is 0 Å². The second-order valence-corrected chi connectivity index (χ2v) is 4.46. The van der Waals surface area contributed by atoms with Gasteiger partial charge in [-0.2, -0.15) is 5.10 Å². The number of hydrogen-bond donors (Lipinski definition) is 0. The van der Waals surface area contributed by atoms with Gasteiger partial charge in [-0.15, -0.1) is 0 Å². The van der Waals surface area contributed by atoms with Gasteiger partial charge in [0, 0.05) is 10.7 Å². The molecule has 0 saturated carbocycles. The normalized spacial score (nSPS) is 10.2. The molecule has 2 rings (SSSR count). The summed E-state index contributed by atoms with van der Waals surface area (Å²) in [6.45, 7) is 0.621. The van der Waals surface area contributed by atoms with Crippen molar-refractivity contribution in [3.8, 4) is 0 Å². The molecule has 0 saturated heterocycles. The Balaban J connectivity index is 2.14. The highest BCUT2D eigenvalue weighted by Gasteiger charge is 2.08. The van der Waals surface area contributed by atoms with Crippen LogP contribution in [-0.4, -0.2) is 22.9 Å². The van der Waals surface area contributed by atoms with Crippen LogP contribution in [0.4, 0.5) is 0 Å². The molecule has 0 unspecified atom stereocenters. The number of ether oxygens (including phenoxy) is 1. The minimum atomic E-state index is -0.370. The Kier molecular flexibility index (Phi) is 3.58. The van der Waals surface area contributed by atoms with Crippen LogP contribution in [0, 0.1) is 0 Å². The van der Waals surface area contributed by atoms with Crippen molar-refractivity contribution in [3.63, 3.8) is 0 Å². The van der Waals surface area contributed by atoms with E-state index in [0.717, 1.165) is 10.0 Å². The number of benzene rings is 1. The number of esters is 1. The van der Waals surface area contributed by atoms with Gasteiger partial charge in [0.2, 0.25) is 0 Å². The third kappa shape index (κ3) is 2.94. The number of carbonyl (C=O) groups is 1. The minimum Gasteiger partial charge on any atom is -0.465 e. The van der Waals surface area contributed by atoms with Crippen molar-refractivity contribution in [2.45, 2.75) is 6.54 Å². The van der Waals surface area contributed by atoms with E-state index in [1.165, 1.54) is 13.3 Å². The Morgan fingerprint density at radius 2 is 2.35 bits per heavy atom. The molecule has 0 spiro atoms. The third-order valence-electron chi connectivity index (χ3n) is 2.29. The predicted octanol–water partition coefficient (Wildman–Crippen LogP) is 2.48. The highest BCUT2D eigenvalue weighted by Crippen LogP contribution is 2.12. The molecule has 0 radical (unpaired) electrons. The van der Waals surface area contributed by atoms with Gasteiger partial charge in [-0.3, -0.25) is 4.68 Å². The molecule has 0 amide bonds. The Hall–Kier alpha value is -1.62. The van der Waals surface area contributed by atoms with E-state index in [2.05, 4.69) is 25.8 Å². The molecular weight excluding hydrogens is 284 g/mol. The monoisotopic (exact) mass is 294 g/mol. The molecule has 0 aliphatic rings. The molecule has 0 N–H and O–H groups in total. The van der Waals surface area contributed by atoms with Gasteiger partial charge in [-0.1, -0.05) is 28.1 Å². The summed E-state index contributed by atoms with van der Waals surface area (Å²) in [5.41, 5.74) is 1.57. The summed E-state index contributed by atoms with van der Waals surface area (Å²) >= 11 is 3.41. The first-order chi connectivity index (χ1) is 8.19. The average molecular weight is 295 g/mol. The lowest BCUT2D eigenvalue weighted by Crippen LogP contribution is -2.01. The standard InChI is InChI=1S/C12H11BrN2O2/c1-17-12(16)10-6-14-15(8-10)7-9-3-2-4-11(13)5-9/h2-6,8H,7H2,1H3. The number of carbonyl (C=O) groups excluding carboxylic acids is 1. The molecule has 0 fully saturated rings. The first kappa shape index (κ1) is 11.9. The predicted molar refractivity (Wildman–Crippen MR) is 66.8 cm³/mol. The van der Waals surface area contributed by atoms with Crippen LogP contribution in [0.2, 0.25) is 0 Å². The fourth-order valence-electron chi connectivity index (χ4n) is 1.50. The van der Waals surface area contributed by atoms with Gasteiger partial charge in [0.15, 0.2) is 0 Å². The van der Waals surface area contributed by atoms with Crippen LogP contribution in [0.15, 0.2) is 41.1 Å². The quantitative estimate of drug-likeness (QED) is 0.817. The Bertz CT molecular complexity index is 537. The van der Waals surface area contributed by atoms with Gasteiger partial charge in [-0.05, 0) is 17.7 Å². The van der Waals surface area contributed by atoms with E-state index in [9.17, 15) is 4.79 Å². The van der Waals surface area contributed by atoms with Gasteiger partial charge >= 0.3 is 5.97 Å². The summed E-state index contributed by atoms with van der Waals surface area (Å²) in [7, 11) is 1.36. The number of halogens is 1. The molecule has 0 aliphatic carbocycles. The number of hydrogen-bond acceptors (Lipinski definition) is 3. The zero-order chi connectivity index (χ0) is 12.3. The molecular formula is C12H11BrN2O2. The van der Waals surface area contributed by atoms with Gasteiger partial charge in [0.1, 0.15) is 0 Å². The number of methoxy groups -OCH3 is 1. The van der Waals surface area contributed by atoms with Crippen molar-refractivity contribution in [2.75, 3.05) is 7.11 Å². The van der Waals surface area contributed by atoms with Gasteiger partial charge in [0.05, 0.1) is 25.4 Å². The topological polar surface area (TPSA) is 44.1 Å². The highest BCUT2D eigenvalue weighted by molar-refractivity contribution is 9.10. The molecule has 5 heteroatoms. The van der Waals surface area contributed by atoms with Crippen molar-refractivity contribution >= 4 is 21.9 Å². The van der Waals surface area contributed by atoms with Crippen molar-refractivity contribution in [1.82, 2.24) is 9.78 Å². The van der Waals surface area contributed by atoms with Crippen LogP contribution >= 0.6 is 15.9 Å². The third-order valence-corrected chi connectivity index (χ3v) is 2.78. The lowest BCUT2D eigenvalue weighted by Gasteiger charge is -2.02.